The largest absolute Gasteiger partial charge is 0.492 e. The average Bonchev–Trinajstić information content (AvgIpc) is 3.51. The molecule has 146 valence electrons. The van der Waals surface area contributed by atoms with Crippen molar-refractivity contribution in [1.29, 1.82) is 0 Å². The quantitative estimate of drug-likeness (QED) is 0.753. The van der Waals surface area contributed by atoms with Gasteiger partial charge in [0, 0.05) is 19.1 Å². The van der Waals surface area contributed by atoms with Crippen molar-refractivity contribution in [3.8, 4) is 5.75 Å². The standard InChI is InChI=1S/C18H24FN5O3/c1-27-16-14-12(17(25)24(21)18(26)23(14)11-2-3-11)8-13(19)15(16)22-6-4-10(9-20)5-7-22/h8,10-11H,2-7,9,20-21H2,1H3. The lowest BCUT2D eigenvalue weighted by Crippen LogP contribution is -2.44. The van der Waals surface area contributed by atoms with Crippen molar-refractivity contribution in [3.05, 3.63) is 32.7 Å². The molecule has 2 heterocycles. The molecule has 2 aliphatic rings. The minimum atomic E-state index is -0.725. The van der Waals surface area contributed by atoms with E-state index in [2.05, 4.69) is 0 Å². The highest BCUT2D eigenvalue weighted by molar-refractivity contribution is 5.91. The SMILES string of the molecule is COc1c(N2CCC(CN)CC2)c(F)cc2c(=O)n(N)c(=O)n(C3CC3)c12. The van der Waals surface area contributed by atoms with Crippen LogP contribution in [0.25, 0.3) is 10.9 Å². The van der Waals surface area contributed by atoms with Gasteiger partial charge in [-0.25, -0.2) is 9.18 Å². The number of hydrogen-bond donors (Lipinski definition) is 2. The molecule has 1 saturated heterocycles. The van der Waals surface area contributed by atoms with Crippen molar-refractivity contribution >= 4 is 16.6 Å². The molecular formula is C18H24FN5O3. The summed E-state index contributed by atoms with van der Waals surface area (Å²) in [4.78, 5) is 27.1. The summed E-state index contributed by atoms with van der Waals surface area (Å²) >= 11 is 0. The second-order valence-corrected chi connectivity index (χ2v) is 7.36. The minimum Gasteiger partial charge on any atom is -0.492 e. The number of benzene rings is 1. The highest BCUT2D eigenvalue weighted by atomic mass is 19.1. The van der Waals surface area contributed by atoms with E-state index in [0.717, 1.165) is 25.7 Å². The van der Waals surface area contributed by atoms with Gasteiger partial charge in [0.2, 0.25) is 0 Å². The number of halogens is 1. The van der Waals surface area contributed by atoms with Gasteiger partial charge in [-0.15, -0.1) is 0 Å². The second kappa shape index (κ2) is 6.56. The fraction of sp³-hybridized carbons (Fsp3) is 0.556. The van der Waals surface area contributed by atoms with E-state index < -0.39 is 17.1 Å². The Balaban J connectivity index is 1.97. The van der Waals surface area contributed by atoms with Gasteiger partial charge < -0.3 is 21.2 Å². The summed E-state index contributed by atoms with van der Waals surface area (Å²) in [5, 5.41) is 0.0546. The molecule has 1 aliphatic heterocycles. The third kappa shape index (κ3) is 2.77. The molecule has 1 saturated carbocycles. The maximum atomic E-state index is 15.1. The number of fused-ring (bicyclic) bond motifs is 1. The number of rotatable bonds is 4. The maximum absolute atomic E-state index is 15.1. The number of hydrogen-bond acceptors (Lipinski definition) is 6. The monoisotopic (exact) mass is 377 g/mol. The van der Waals surface area contributed by atoms with Crippen molar-refractivity contribution in [1.82, 2.24) is 9.24 Å². The van der Waals surface area contributed by atoms with Crippen LogP contribution in [0.15, 0.2) is 15.7 Å². The summed E-state index contributed by atoms with van der Waals surface area (Å²) in [6.07, 6.45) is 3.34. The number of methoxy groups -OCH3 is 1. The number of piperidine rings is 1. The molecule has 4 rings (SSSR count). The van der Waals surface area contributed by atoms with Crippen LogP contribution in [0.3, 0.4) is 0 Å². The Bertz CT molecular complexity index is 1000. The topological polar surface area (TPSA) is 109 Å². The van der Waals surface area contributed by atoms with E-state index in [-0.39, 0.29) is 17.2 Å². The van der Waals surface area contributed by atoms with Crippen LogP contribution in [0.4, 0.5) is 10.1 Å². The van der Waals surface area contributed by atoms with E-state index in [4.69, 9.17) is 16.3 Å². The number of aromatic nitrogens is 2. The lowest BCUT2D eigenvalue weighted by molar-refractivity contribution is 0.392. The van der Waals surface area contributed by atoms with Gasteiger partial charge in [0.25, 0.3) is 5.56 Å². The van der Waals surface area contributed by atoms with E-state index in [1.807, 2.05) is 4.90 Å². The van der Waals surface area contributed by atoms with E-state index in [0.29, 0.717) is 41.4 Å². The second-order valence-electron chi connectivity index (χ2n) is 7.36. The zero-order valence-electron chi connectivity index (χ0n) is 15.3. The Hall–Kier alpha value is -2.55. The summed E-state index contributed by atoms with van der Waals surface area (Å²) in [6, 6.07) is 1.12. The summed E-state index contributed by atoms with van der Waals surface area (Å²) in [5.41, 5.74) is 5.05. The van der Waals surface area contributed by atoms with E-state index in [1.165, 1.54) is 17.7 Å². The van der Waals surface area contributed by atoms with Gasteiger partial charge >= 0.3 is 5.69 Å². The maximum Gasteiger partial charge on any atom is 0.350 e. The summed E-state index contributed by atoms with van der Waals surface area (Å²) in [6.45, 7) is 1.90. The molecule has 0 bridgehead atoms. The summed E-state index contributed by atoms with van der Waals surface area (Å²) in [5.74, 6) is 5.74. The first-order chi connectivity index (χ1) is 13.0. The molecule has 0 amide bonds. The number of nitrogens with zero attached hydrogens (tertiary/aromatic N) is 3. The number of nitrogens with two attached hydrogens (primary N) is 2. The molecule has 0 unspecified atom stereocenters. The molecule has 0 radical (unpaired) electrons. The highest BCUT2D eigenvalue weighted by Gasteiger charge is 2.33. The molecule has 0 atom stereocenters. The Kier molecular flexibility index (Phi) is 4.33. The van der Waals surface area contributed by atoms with Crippen LogP contribution in [0, 0.1) is 11.7 Å². The van der Waals surface area contributed by atoms with Crippen molar-refractivity contribution in [2.45, 2.75) is 31.7 Å². The van der Waals surface area contributed by atoms with Crippen molar-refractivity contribution in [3.63, 3.8) is 0 Å². The smallest absolute Gasteiger partial charge is 0.350 e. The summed E-state index contributed by atoms with van der Waals surface area (Å²) in [7, 11) is 1.43. The molecule has 8 nitrogen and oxygen atoms in total. The highest BCUT2D eigenvalue weighted by Crippen LogP contribution is 2.43. The van der Waals surface area contributed by atoms with Crippen molar-refractivity contribution in [2.75, 3.05) is 37.5 Å². The molecule has 2 fully saturated rings. The van der Waals surface area contributed by atoms with E-state index in [9.17, 15) is 9.59 Å². The van der Waals surface area contributed by atoms with Gasteiger partial charge in [0.15, 0.2) is 11.6 Å². The van der Waals surface area contributed by atoms with Gasteiger partial charge in [-0.1, -0.05) is 0 Å². The zero-order chi connectivity index (χ0) is 19.3. The van der Waals surface area contributed by atoms with Crippen LogP contribution in [0.2, 0.25) is 0 Å². The number of nitrogen functional groups attached to an aromatic ring is 1. The van der Waals surface area contributed by atoms with Gasteiger partial charge in [-0.05, 0) is 44.2 Å². The van der Waals surface area contributed by atoms with Gasteiger partial charge in [0.1, 0.15) is 11.2 Å². The predicted octanol–water partition coefficient (Wildman–Crippen LogP) is 0.535. The molecule has 1 aromatic carbocycles. The Morgan fingerprint density at radius 1 is 1.22 bits per heavy atom. The Labute approximate surface area is 155 Å². The number of anilines is 1. The van der Waals surface area contributed by atoms with Gasteiger partial charge in [-0.2, -0.15) is 4.68 Å². The molecule has 1 aromatic heterocycles. The fourth-order valence-electron chi connectivity index (χ4n) is 3.99. The van der Waals surface area contributed by atoms with Crippen molar-refractivity contribution < 1.29 is 9.13 Å². The average molecular weight is 377 g/mol. The first-order valence-corrected chi connectivity index (χ1v) is 9.25. The normalized spacial score (nSPS) is 18.3. The molecule has 0 spiro atoms. The van der Waals surface area contributed by atoms with Crippen LogP contribution in [-0.4, -0.2) is 36.0 Å². The first kappa shape index (κ1) is 17.8. The van der Waals surface area contributed by atoms with Crippen LogP contribution >= 0.6 is 0 Å². The molecule has 1 aliphatic carbocycles. The molecule has 2 aromatic rings. The van der Waals surface area contributed by atoms with Crippen molar-refractivity contribution in [2.24, 2.45) is 11.7 Å². The van der Waals surface area contributed by atoms with Crippen LogP contribution in [-0.2, 0) is 0 Å². The van der Waals surface area contributed by atoms with Crippen LogP contribution in [0.5, 0.6) is 5.75 Å². The molecule has 27 heavy (non-hydrogen) atoms. The third-order valence-electron chi connectivity index (χ3n) is 5.67. The summed E-state index contributed by atoms with van der Waals surface area (Å²) < 4.78 is 22.7. The minimum absolute atomic E-state index is 0.0504. The molecule has 9 heteroatoms. The van der Waals surface area contributed by atoms with Gasteiger partial charge in [0.05, 0.1) is 12.5 Å². The fourth-order valence-corrected chi connectivity index (χ4v) is 3.99. The van der Waals surface area contributed by atoms with Gasteiger partial charge in [-0.3, -0.25) is 9.36 Å². The molecule has 4 N–H and O–H groups in total. The number of ether oxygens (including phenoxy) is 1. The third-order valence-corrected chi connectivity index (χ3v) is 5.67. The predicted molar refractivity (Wildman–Crippen MR) is 101 cm³/mol. The molecular weight excluding hydrogens is 353 g/mol. The Morgan fingerprint density at radius 3 is 2.44 bits per heavy atom. The lowest BCUT2D eigenvalue weighted by Gasteiger charge is -2.34. The zero-order valence-corrected chi connectivity index (χ0v) is 15.3. The van der Waals surface area contributed by atoms with Crippen LogP contribution < -0.4 is 32.5 Å². The lowest BCUT2D eigenvalue weighted by atomic mass is 9.96. The first-order valence-electron chi connectivity index (χ1n) is 9.25. The Morgan fingerprint density at radius 2 is 1.89 bits per heavy atom. The van der Waals surface area contributed by atoms with E-state index in [1.54, 1.807) is 0 Å². The van der Waals surface area contributed by atoms with Crippen LogP contribution in [0.1, 0.15) is 31.7 Å². The van der Waals surface area contributed by atoms with E-state index >= 15 is 4.39 Å².